The third kappa shape index (κ3) is 2.82. The third-order valence-electron chi connectivity index (χ3n) is 3.44. The first-order chi connectivity index (χ1) is 8.22. The fraction of sp³-hybridized carbons (Fsp3) is 0.538. The number of likely N-dealkylation sites (tertiary alicyclic amines) is 1. The van der Waals surface area contributed by atoms with Crippen molar-refractivity contribution >= 4 is 0 Å². The molecule has 1 aliphatic heterocycles. The van der Waals surface area contributed by atoms with E-state index in [1.165, 1.54) is 18.2 Å². The Morgan fingerprint density at radius 2 is 1.94 bits per heavy atom. The molecule has 1 heterocycles. The van der Waals surface area contributed by atoms with Crippen molar-refractivity contribution in [2.24, 2.45) is 5.73 Å². The standard InChI is InChI=1S/C13H18F2N2/c14-12-5-3-6-13(15)11(12)9-17-7-2-1-4-10(17)8-16/h3,5-6,10H,1-2,4,7-9,16H2/t10-/m1/s1. The zero-order valence-electron chi connectivity index (χ0n) is 9.83. The number of hydrogen-bond donors (Lipinski definition) is 1. The lowest BCUT2D eigenvalue weighted by Gasteiger charge is -2.35. The number of piperidine rings is 1. The smallest absolute Gasteiger partial charge is 0.130 e. The summed E-state index contributed by atoms with van der Waals surface area (Å²) in [6.45, 7) is 1.74. The van der Waals surface area contributed by atoms with Crippen LogP contribution >= 0.6 is 0 Å². The van der Waals surface area contributed by atoms with Crippen LogP contribution in [0.4, 0.5) is 8.78 Å². The minimum Gasteiger partial charge on any atom is -0.329 e. The summed E-state index contributed by atoms with van der Waals surface area (Å²) in [6.07, 6.45) is 3.25. The van der Waals surface area contributed by atoms with E-state index in [1.807, 2.05) is 0 Å². The van der Waals surface area contributed by atoms with Crippen LogP contribution in [0.15, 0.2) is 18.2 Å². The summed E-state index contributed by atoms with van der Waals surface area (Å²) in [5, 5.41) is 0. The first-order valence-electron chi connectivity index (χ1n) is 6.09. The van der Waals surface area contributed by atoms with E-state index >= 15 is 0 Å². The first-order valence-corrected chi connectivity index (χ1v) is 6.09. The van der Waals surface area contributed by atoms with Crippen molar-refractivity contribution < 1.29 is 8.78 Å². The van der Waals surface area contributed by atoms with Crippen molar-refractivity contribution in [3.8, 4) is 0 Å². The molecule has 0 aliphatic carbocycles. The predicted octanol–water partition coefficient (Wildman–Crippen LogP) is 2.28. The molecular weight excluding hydrogens is 222 g/mol. The van der Waals surface area contributed by atoms with E-state index in [9.17, 15) is 8.78 Å². The van der Waals surface area contributed by atoms with E-state index < -0.39 is 11.6 Å². The Balaban J connectivity index is 2.13. The zero-order chi connectivity index (χ0) is 12.3. The van der Waals surface area contributed by atoms with E-state index in [4.69, 9.17) is 5.73 Å². The number of rotatable bonds is 3. The van der Waals surface area contributed by atoms with E-state index in [0.717, 1.165) is 25.8 Å². The highest BCUT2D eigenvalue weighted by Gasteiger charge is 2.23. The summed E-state index contributed by atoms with van der Waals surface area (Å²) in [5.74, 6) is -0.933. The Kier molecular flexibility index (Phi) is 4.07. The van der Waals surface area contributed by atoms with Gasteiger partial charge in [0.15, 0.2) is 0 Å². The van der Waals surface area contributed by atoms with Crippen molar-refractivity contribution in [1.29, 1.82) is 0 Å². The molecule has 1 aliphatic rings. The van der Waals surface area contributed by atoms with Crippen LogP contribution in [-0.4, -0.2) is 24.0 Å². The van der Waals surface area contributed by atoms with E-state index in [2.05, 4.69) is 4.90 Å². The highest BCUT2D eigenvalue weighted by atomic mass is 19.1. The lowest BCUT2D eigenvalue weighted by molar-refractivity contribution is 0.141. The van der Waals surface area contributed by atoms with Gasteiger partial charge in [0.1, 0.15) is 11.6 Å². The second kappa shape index (κ2) is 5.56. The third-order valence-corrected chi connectivity index (χ3v) is 3.44. The van der Waals surface area contributed by atoms with Gasteiger partial charge in [0.25, 0.3) is 0 Å². The van der Waals surface area contributed by atoms with Crippen molar-refractivity contribution in [1.82, 2.24) is 4.90 Å². The fourth-order valence-corrected chi connectivity index (χ4v) is 2.42. The Morgan fingerprint density at radius 3 is 2.59 bits per heavy atom. The minimum atomic E-state index is -0.466. The largest absolute Gasteiger partial charge is 0.329 e. The number of hydrogen-bond acceptors (Lipinski definition) is 2. The van der Waals surface area contributed by atoms with Crippen LogP contribution in [0.25, 0.3) is 0 Å². The maximum atomic E-state index is 13.5. The maximum absolute atomic E-state index is 13.5. The van der Waals surface area contributed by atoms with E-state index in [0.29, 0.717) is 13.1 Å². The maximum Gasteiger partial charge on any atom is 0.130 e. The summed E-state index contributed by atoms with van der Waals surface area (Å²) in [4.78, 5) is 2.09. The molecule has 17 heavy (non-hydrogen) atoms. The molecule has 0 amide bonds. The number of halogens is 2. The average Bonchev–Trinajstić information content (AvgIpc) is 2.34. The molecule has 4 heteroatoms. The quantitative estimate of drug-likeness (QED) is 0.878. The fourth-order valence-electron chi connectivity index (χ4n) is 2.42. The Hall–Kier alpha value is -1.00. The van der Waals surface area contributed by atoms with Crippen LogP contribution in [0.3, 0.4) is 0 Å². The molecule has 2 N–H and O–H groups in total. The monoisotopic (exact) mass is 240 g/mol. The zero-order valence-corrected chi connectivity index (χ0v) is 9.83. The Labute approximate surface area is 100 Å². The lowest BCUT2D eigenvalue weighted by atomic mass is 10.0. The average molecular weight is 240 g/mol. The van der Waals surface area contributed by atoms with Gasteiger partial charge < -0.3 is 5.73 Å². The molecule has 0 radical (unpaired) electrons. The normalized spacial score (nSPS) is 21.7. The topological polar surface area (TPSA) is 29.3 Å². The number of benzene rings is 1. The summed E-state index contributed by atoms with van der Waals surface area (Å²) < 4.78 is 27.1. The van der Waals surface area contributed by atoms with Gasteiger partial charge in [0, 0.05) is 24.7 Å². The molecule has 0 saturated carbocycles. The Bertz CT molecular complexity index is 361. The second-order valence-electron chi connectivity index (χ2n) is 4.56. The second-order valence-corrected chi connectivity index (χ2v) is 4.56. The molecule has 0 aromatic heterocycles. The lowest BCUT2D eigenvalue weighted by Crippen LogP contribution is -2.43. The molecular formula is C13H18F2N2. The molecule has 2 rings (SSSR count). The molecule has 1 atom stereocenters. The van der Waals surface area contributed by atoms with E-state index in [-0.39, 0.29) is 11.6 Å². The van der Waals surface area contributed by atoms with Crippen LogP contribution in [-0.2, 0) is 6.54 Å². The van der Waals surface area contributed by atoms with Gasteiger partial charge in [0.2, 0.25) is 0 Å². The molecule has 0 bridgehead atoms. The first kappa shape index (κ1) is 12.5. The van der Waals surface area contributed by atoms with Crippen LogP contribution in [0.2, 0.25) is 0 Å². The highest BCUT2D eigenvalue weighted by Crippen LogP contribution is 2.21. The van der Waals surface area contributed by atoms with Gasteiger partial charge in [-0.15, -0.1) is 0 Å². The number of nitrogens with two attached hydrogens (primary N) is 1. The van der Waals surface area contributed by atoms with Crippen molar-refractivity contribution in [2.75, 3.05) is 13.1 Å². The van der Waals surface area contributed by atoms with Crippen LogP contribution in [0.5, 0.6) is 0 Å². The summed E-state index contributed by atoms with van der Waals surface area (Å²) >= 11 is 0. The van der Waals surface area contributed by atoms with Crippen LogP contribution in [0, 0.1) is 11.6 Å². The molecule has 1 saturated heterocycles. The molecule has 1 aromatic carbocycles. The molecule has 0 spiro atoms. The van der Waals surface area contributed by atoms with Crippen LogP contribution in [0.1, 0.15) is 24.8 Å². The van der Waals surface area contributed by atoms with Gasteiger partial charge >= 0.3 is 0 Å². The summed E-state index contributed by atoms with van der Waals surface area (Å²) in [6, 6.07) is 4.26. The van der Waals surface area contributed by atoms with Gasteiger partial charge in [-0.05, 0) is 31.5 Å². The highest BCUT2D eigenvalue weighted by molar-refractivity contribution is 5.19. The molecule has 1 aromatic rings. The predicted molar refractivity (Wildman–Crippen MR) is 63.5 cm³/mol. The van der Waals surface area contributed by atoms with E-state index in [1.54, 1.807) is 0 Å². The van der Waals surface area contributed by atoms with Crippen molar-refractivity contribution in [3.05, 3.63) is 35.4 Å². The Morgan fingerprint density at radius 1 is 1.24 bits per heavy atom. The van der Waals surface area contributed by atoms with Gasteiger partial charge in [-0.3, -0.25) is 4.90 Å². The summed E-state index contributed by atoms with van der Waals surface area (Å²) in [5.41, 5.74) is 5.85. The van der Waals surface area contributed by atoms with Crippen molar-refractivity contribution in [3.63, 3.8) is 0 Å². The van der Waals surface area contributed by atoms with Gasteiger partial charge in [-0.25, -0.2) is 8.78 Å². The van der Waals surface area contributed by atoms with Crippen LogP contribution < -0.4 is 5.73 Å². The minimum absolute atomic E-state index is 0.160. The SMILES string of the molecule is NC[C@H]1CCCCN1Cc1c(F)cccc1F. The van der Waals surface area contributed by atoms with Gasteiger partial charge in [-0.2, -0.15) is 0 Å². The van der Waals surface area contributed by atoms with Crippen molar-refractivity contribution in [2.45, 2.75) is 31.8 Å². The van der Waals surface area contributed by atoms with Gasteiger partial charge in [-0.1, -0.05) is 12.5 Å². The molecule has 1 fully saturated rings. The molecule has 94 valence electrons. The van der Waals surface area contributed by atoms with Gasteiger partial charge in [0.05, 0.1) is 0 Å². The number of nitrogens with zero attached hydrogens (tertiary/aromatic N) is 1. The molecule has 0 unspecified atom stereocenters. The summed E-state index contributed by atoms with van der Waals surface area (Å²) in [7, 11) is 0. The molecule has 2 nitrogen and oxygen atoms in total.